The van der Waals surface area contributed by atoms with E-state index in [0.29, 0.717) is 25.6 Å². The van der Waals surface area contributed by atoms with Crippen LogP contribution in [0.3, 0.4) is 0 Å². The van der Waals surface area contributed by atoms with Gasteiger partial charge in [-0.3, -0.25) is 0 Å². The second-order valence-corrected chi connectivity index (χ2v) is 7.66. The van der Waals surface area contributed by atoms with Gasteiger partial charge in [-0.25, -0.2) is 0 Å². The number of hydrogen-bond donors (Lipinski definition) is 1. The molecule has 0 aromatic heterocycles. The number of hydrogen-bond acceptors (Lipinski definition) is 3. The number of ether oxygens (including phenoxy) is 1. The second-order valence-electron chi connectivity index (χ2n) is 5.90. The van der Waals surface area contributed by atoms with E-state index in [1.54, 1.807) is 0 Å². The molecule has 1 aromatic carbocycles. The second kappa shape index (κ2) is 7.94. The molecule has 5 nitrogen and oxygen atoms in total. The first kappa shape index (κ1) is 17.2. The van der Waals surface area contributed by atoms with Crippen molar-refractivity contribution < 1.29 is 13.2 Å². The fourth-order valence-electron chi connectivity index (χ4n) is 2.62. The Bertz CT molecular complexity index is 567. The summed E-state index contributed by atoms with van der Waals surface area (Å²) in [6, 6.07) is 7.88. The zero-order valence-electron chi connectivity index (χ0n) is 13.4. The maximum atomic E-state index is 12.1. The van der Waals surface area contributed by atoms with E-state index in [0.717, 1.165) is 30.6 Å². The van der Waals surface area contributed by atoms with Gasteiger partial charge < -0.3 is 4.74 Å². The lowest BCUT2D eigenvalue weighted by atomic mass is 10.0. The SMILES string of the molecule is CC(C)c1ccccc1OCCNS(=O)(=O)N1CCCCC1. The fourth-order valence-corrected chi connectivity index (χ4v) is 3.88. The quantitative estimate of drug-likeness (QED) is 0.783. The van der Waals surface area contributed by atoms with Crippen LogP contribution in [0.1, 0.15) is 44.6 Å². The summed E-state index contributed by atoms with van der Waals surface area (Å²) in [6.07, 6.45) is 3.00. The van der Waals surface area contributed by atoms with Crippen molar-refractivity contribution in [1.29, 1.82) is 0 Å². The van der Waals surface area contributed by atoms with Crippen molar-refractivity contribution in [3.05, 3.63) is 29.8 Å². The minimum absolute atomic E-state index is 0.283. The first-order valence-corrected chi connectivity index (χ1v) is 9.41. The smallest absolute Gasteiger partial charge is 0.279 e. The molecule has 1 saturated heterocycles. The number of nitrogens with one attached hydrogen (secondary N) is 1. The summed E-state index contributed by atoms with van der Waals surface area (Å²) >= 11 is 0. The van der Waals surface area contributed by atoms with Gasteiger partial charge in [-0.1, -0.05) is 38.5 Å². The van der Waals surface area contributed by atoms with Gasteiger partial charge in [0.25, 0.3) is 10.2 Å². The molecule has 0 atom stereocenters. The zero-order valence-corrected chi connectivity index (χ0v) is 14.2. The number of piperidine rings is 1. The number of rotatable bonds is 7. The fraction of sp³-hybridized carbons (Fsp3) is 0.625. The first-order chi connectivity index (χ1) is 10.5. The van der Waals surface area contributed by atoms with Crippen LogP contribution in [0.25, 0.3) is 0 Å². The van der Waals surface area contributed by atoms with Gasteiger partial charge in [0.1, 0.15) is 12.4 Å². The lowest BCUT2D eigenvalue weighted by Crippen LogP contribution is -2.44. The molecule has 6 heteroatoms. The maximum Gasteiger partial charge on any atom is 0.279 e. The molecule has 1 aliphatic rings. The number of benzene rings is 1. The minimum Gasteiger partial charge on any atom is -0.492 e. The van der Waals surface area contributed by atoms with Crippen molar-refractivity contribution in [2.24, 2.45) is 0 Å². The minimum atomic E-state index is -3.36. The van der Waals surface area contributed by atoms with Gasteiger partial charge in [0.2, 0.25) is 0 Å². The van der Waals surface area contributed by atoms with Gasteiger partial charge in [0, 0.05) is 19.6 Å². The molecule has 22 heavy (non-hydrogen) atoms. The summed E-state index contributed by atoms with van der Waals surface area (Å²) < 4.78 is 34.1. The van der Waals surface area contributed by atoms with Crippen LogP contribution in [-0.2, 0) is 10.2 Å². The van der Waals surface area contributed by atoms with Crippen molar-refractivity contribution in [2.75, 3.05) is 26.2 Å². The largest absolute Gasteiger partial charge is 0.492 e. The molecule has 0 radical (unpaired) electrons. The molecule has 0 aliphatic carbocycles. The molecule has 1 aliphatic heterocycles. The number of nitrogens with zero attached hydrogens (tertiary/aromatic N) is 1. The Morgan fingerprint density at radius 3 is 2.55 bits per heavy atom. The van der Waals surface area contributed by atoms with E-state index in [1.807, 2.05) is 24.3 Å². The van der Waals surface area contributed by atoms with Gasteiger partial charge in [-0.2, -0.15) is 17.4 Å². The average Bonchev–Trinajstić information content (AvgIpc) is 2.53. The van der Waals surface area contributed by atoms with Crippen molar-refractivity contribution in [3.63, 3.8) is 0 Å². The summed E-state index contributed by atoms with van der Waals surface area (Å²) in [7, 11) is -3.36. The summed E-state index contributed by atoms with van der Waals surface area (Å²) in [5.74, 6) is 1.20. The van der Waals surface area contributed by atoms with Gasteiger partial charge in [-0.05, 0) is 30.4 Å². The lowest BCUT2D eigenvalue weighted by molar-refractivity contribution is 0.310. The molecule has 0 bridgehead atoms. The molecule has 1 aromatic rings. The van der Waals surface area contributed by atoms with Gasteiger partial charge in [-0.15, -0.1) is 0 Å². The van der Waals surface area contributed by atoms with Gasteiger partial charge in [0.05, 0.1) is 0 Å². The molecule has 1 N–H and O–H groups in total. The molecular formula is C16H26N2O3S. The van der Waals surface area contributed by atoms with Crippen LogP contribution < -0.4 is 9.46 Å². The van der Waals surface area contributed by atoms with Gasteiger partial charge in [0.15, 0.2) is 0 Å². The van der Waals surface area contributed by atoms with E-state index in [1.165, 1.54) is 4.31 Å². The van der Waals surface area contributed by atoms with Crippen LogP contribution >= 0.6 is 0 Å². The predicted octanol–water partition coefficient (Wildman–Crippen LogP) is 2.51. The molecular weight excluding hydrogens is 300 g/mol. The van der Waals surface area contributed by atoms with Crippen LogP contribution in [-0.4, -0.2) is 39.0 Å². The van der Waals surface area contributed by atoms with E-state index >= 15 is 0 Å². The normalized spacial score (nSPS) is 16.9. The lowest BCUT2D eigenvalue weighted by Gasteiger charge is -2.25. The number of para-hydroxylation sites is 1. The Morgan fingerprint density at radius 1 is 1.18 bits per heavy atom. The van der Waals surface area contributed by atoms with E-state index in [9.17, 15) is 8.42 Å². The summed E-state index contributed by atoms with van der Waals surface area (Å²) in [6.45, 7) is 6.07. The Kier molecular flexibility index (Phi) is 6.23. The van der Waals surface area contributed by atoms with Crippen LogP contribution in [0, 0.1) is 0 Å². The zero-order chi connectivity index (χ0) is 16.0. The van der Waals surface area contributed by atoms with Crippen LogP contribution in [0.4, 0.5) is 0 Å². The standard InChI is InChI=1S/C16H26N2O3S/c1-14(2)15-8-4-5-9-16(15)21-13-10-17-22(19,20)18-11-6-3-7-12-18/h4-5,8-9,14,17H,3,6-7,10-13H2,1-2H3. The highest BCUT2D eigenvalue weighted by Gasteiger charge is 2.23. The molecule has 124 valence electrons. The highest BCUT2D eigenvalue weighted by molar-refractivity contribution is 7.87. The summed E-state index contributed by atoms with van der Waals surface area (Å²) in [5.41, 5.74) is 1.14. The molecule has 1 fully saturated rings. The Morgan fingerprint density at radius 2 is 1.86 bits per heavy atom. The molecule has 1 heterocycles. The third kappa shape index (κ3) is 4.69. The third-order valence-electron chi connectivity index (χ3n) is 3.84. The summed E-state index contributed by atoms with van der Waals surface area (Å²) in [4.78, 5) is 0. The van der Waals surface area contributed by atoms with Crippen molar-refractivity contribution in [3.8, 4) is 5.75 Å². The molecule has 0 saturated carbocycles. The third-order valence-corrected chi connectivity index (χ3v) is 5.45. The van der Waals surface area contributed by atoms with Crippen LogP contribution in [0.15, 0.2) is 24.3 Å². The highest BCUT2D eigenvalue weighted by atomic mass is 32.2. The molecule has 0 spiro atoms. The molecule has 0 unspecified atom stereocenters. The van der Waals surface area contributed by atoms with E-state index in [4.69, 9.17) is 4.74 Å². The molecule has 2 rings (SSSR count). The van der Waals surface area contributed by atoms with Crippen molar-refractivity contribution in [2.45, 2.75) is 39.0 Å². The van der Waals surface area contributed by atoms with Crippen molar-refractivity contribution >= 4 is 10.2 Å². The van der Waals surface area contributed by atoms with E-state index in [-0.39, 0.29) is 6.54 Å². The topological polar surface area (TPSA) is 58.6 Å². The maximum absolute atomic E-state index is 12.1. The van der Waals surface area contributed by atoms with E-state index in [2.05, 4.69) is 18.6 Å². The molecule has 0 amide bonds. The Hall–Kier alpha value is -1.11. The van der Waals surface area contributed by atoms with Crippen LogP contribution in [0.2, 0.25) is 0 Å². The first-order valence-electron chi connectivity index (χ1n) is 7.97. The van der Waals surface area contributed by atoms with E-state index < -0.39 is 10.2 Å². The Labute approximate surface area is 133 Å². The monoisotopic (exact) mass is 326 g/mol. The van der Waals surface area contributed by atoms with Crippen molar-refractivity contribution in [1.82, 2.24) is 9.03 Å². The average molecular weight is 326 g/mol. The predicted molar refractivity (Wildman–Crippen MR) is 88.4 cm³/mol. The highest BCUT2D eigenvalue weighted by Crippen LogP contribution is 2.25. The summed E-state index contributed by atoms with van der Waals surface area (Å²) in [5, 5.41) is 0. The van der Waals surface area contributed by atoms with Gasteiger partial charge >= 0.3 is 0 Å². The van der Waals surface area contributed by atoms with Crippen LogP contribution in [0.5, 0.6) is 5.75 Å². The Balaban J connectivity index is 1.82.